The van der Waals surface area contributed by atoms with Crippen LogP contribution in [0.5, 0.6) is 17.2 Å². The Balaban J connectivity index is 0.000000172. The Labute approximate surface area is 354 Å². The van der Waals surface area contributed by atoms with Gasteiger partial charge in [-0.3, -0.25) is 0 Å². The molecule has 2 amide bonds. The fourth-order valence-electron chi connectivity index (χ4n) is 7.34. The fraction of sp³-hybridized carbons (Fsp3) is 0.136. The van der Waals surface area contributed by atoms with Crippen LogP contribution in [0.3, 0.4) is 0 Å². The Bertz CT molecular complexity index is 2320. The molecular weight excluding hydrogens is 798 g/mol. The zero-order chi connectivity index (χ0) is 34.7. The Morgan fingerprint density at radius 1 is 0.692 bits per heavy atom. The number of carbonyl (C=O) groups excluding carboxylic acids is 2. The van der Waals surface area contributed by atoms with Gasteiger partial charge in [0.15, 0.2) is 0 Å². The molecule has 5 aromatic carbocycles. The third-order valence-electron chi connectivity index (χ3n) is 9.67. The van der Waals surface area contributed by atoms with Crippen molar-refractivity contribution in [1.82, 2.24) is 0 Å². The van der Waals surface area contributed by atoms with Gasteiger partial charge in [0.2, 0.25) is 0 Å². The minimum atomic E-state index is -0.821. The van der Waals surface area contributed by atoms with Crippen LogP contribution in [0.15, 0.2) is 133 Å². The summed E-state index contributed by atoms with van der Waals surface area (Å²) in [6.07, 6.45) is 6.27. The summed E-state index contributed by atoms with van der Waals surface area (Å²) in [5.41, 5.74) is 17.6. The van der Waals surface area contributed by atoms with Gasteiger partial charge < -0.3 is 30.1 Å². The molecule has 1 unspecified atom stereocenters. The third kappa shape index (κ3) is 6.38. The first-order valence-electron chi connectivity index (χ1n) is 16.7. The van der Waals surface area contributed by atoms with E-state index in [9.17, 15) is 9.59 Å². The van der Waals surface area contributed by atoms with Gasteiger partial charge in [0.05, 0.1) is 11.8 Å². The second-order valence-electron chi connectivity index (χ2n) is 13.3. The van der Waals surface area contributed by atoms with Crippen molar-refractivity contribution in [3.05, 3.63) is 199 Å². The third-order valence-corrected chi connectivity index (χ3v) is 9.67. The van der Waals surface area contributed by atoms with E-state index in [1.807, 2.05) is 112 Å². The van der Waals surface area contributed by atoms with E-state index in [1.54, 1.807) is 12.1 Å². The van der Waals surface area contributed by atoms with Crippen LogP contribution in [0.1, 0.15) is 72.1 Å². The molecule has 3 aliphatic heterocycles. The maximum Gasteiger partial charge on any atom is 0.135 e. The summed E-state index contributed by atoms with van der Waals surface area (Å²) in [7, 11) is 0. The van der Waals surface area contributed by atoms with Crippen molar-refractivity contribution in [2.24, 2.45) is 5.92 Å². The minimum Gasteiger partial charge on any atom is -0.664 e. The van der Waals surface area contributed by atoms with Gasteiger partial charge in [-0.25, -0.2) is 0 Å². The van der Waals surface area contributed by atoms with Crippen molar-refractivity contribution in [2.45, 2.75) is 33.2 Å². The SMILES string of the molecule is Cc1ccc2c(c1)OC1=CC(C)C=CC1=C2c1ccccc1C([NH-])=O.Cc1ccc2c(c1)Oc1cc(C)ccc1C21[N-]C(=O)c2ccccc21.[Y].[Y]. The van der Waals surface area contributed by atoms with Crippen molar-refractivity contribution in [3.63, 3.8) is 0 Å². The van der Waals surface area contributed by atoms with E-state index < -0.39 is 11.4 Å². The first-order chi connectivity index (χ1) is 24.1. The molecule has 8 heteroatoms. The van der Waals surface area contributed by atoms with Crippen LogP contribution < -0.4 is 9.47 Å². The average Bonchev–Trinajstić information content (AvgIpc) is 3.39. The molecule has 2 radical (unpaired) electrons. The molecule has 9 rings (SSSR count). The van der Waals surface area contributed by atoms with Crippen LogP contribution in [0, 0.1) is 26.7 Å². The number of fused-ring (bicyclic) bond motifs is 8. The quantitative estimate of drug-likeness (QED) is 0.177. The molecule has 52 heavy (non-hydrogen) atoms. The van der Waals surface area contributed by atoms with Gasteiger partial charge in [-0.2, -0.15) is 0 Å². The maximum atomic E-state index is 12.7. The van der Waals surface area contributed by atoms with E-state index in [-0.39, 0.29) is 71.3 Å². The van der Waals surface area contributed by atoms with Gasteiger partial charge in [-0.15, -0.1) is 0 Å². The van der Waals surface area contributed by atoms with Gasteiger partial charge >= 0.3 is 0 Å². The van der Waals surface area contributed by atoms with Crippen molar-refractivity contribution in [2.75, 3.05) is 0 Å². The molecule has 0 saturated carbocycles. The van der Waals surface area contributed by atoms with Gasteiger partial charge in [0.1, 0.15) is 23.0 Å². The van der Waals surface area contributed by atoms with Crippen molar-refractivity contribution >= 4 is 17.4 Å². The molecule has 0 saturated heterocycles. The number of ether oxygens (including phenoxy) is 2. The second-order valence-corrected chi connectivity index (χ2v) is 13.3. The Hall–Kier alpha value is -3.93. The summed E-state index contributed by atoms with van der Waals surface area (Å²) in [6.45, 7) is 8.21. The van der Waals surface area contributed by atoms with E-state index >= 15 is 0 Å². The number of allylic oxidation sites excluding steroid dienone is 3. The van der Waals surface area contributed by atoms with E-state index in [2.05, 4.69) is 30.5 Å². The van der Waals surface area contributed by atoms with Crippen LogP contribution in [-0.4, -0.2) is 11.8 Å². The molecule has 0 aromatic heterocycles. The average molecular weight is 833 g/mol. The Morgan fingerprint density at radius 3 is 1.92 bits per heavy atom. The summed E-state index contributed by atoms with van der Waals surface area (Å²) < 4.78 is 12.4. The van der Waals surface area contributed by atoms with Crippen LogP contribution in [0.25, 0.3) is 16.6 Å². The first-order valence-corrected chi connectivity index (χ1v) is 16.7. The standard InChI is InChI=1S/C22H17NO2.C22H19NO2.2Y/c1-13-7-9-17-19(11-13)25-20-12-14(2)8-10-18(20)22(17)16-6-4-3-5-15(16)21(24)23-22;1-13-7-9-17-19(11-13)25-20-12-14(2)8-10-18(20)21(17)15-5-3-4-6-16(15)22(23)24;;/h3-12H,1-2H3,(H,23,24);3-13H,1-2H3,(H2,23,24);;/p-2. The van der Waals surface area contributed by atoms with Gasteiger partial charge in [0, 0.05) is 93.3 Å². The predicted molar refractivity (Wildman–Crippen MR) is 196 cm³/mol. The zero-order valence-corrected chi connectivity index (χ0v) is 35.0. The molecule has 3 heterocycles. The molecule has 1 aliphatic carbocycles. The summed E-state index contributed by atoms with van der Waals surface area (Å²) in [6, 6.07) is 33.3. The van der Waals surface area contributed by atoms with Crippen molar-refractivity contribution in [3.8, 4) is 17.2 Å². The Morgan fingerprint density at radius 2 is 1.27 bits per heavy atom. The number of nitrogens with zero attached hydrogens (tertiary/aromatic N) is 1. The molecule has 1 atom stereocenters. The van der Waals surface area contributed by atoms with Gasteiger partial charge in [0.25, 0.3) is 0 Å². The molecule has 252 valence electrons. The molecule has 1 spiro atoms. The number of benzene rings is 5. The summed E-state index contributed by atoms with van der Waals surface area (Å²) in [5.74, 6) is 2.59. The maximum absolute atomic E-state index is 12.7. The molecular formula is C44H34N2O4Y2-2. The normalized spacial score (nSPS) is 16.3. The number of hydrogen-bond donors (Lipinski definition) is 0. The molecule has 4 aliphatic rings. The van der Waals surface area contributed by atoms with Crippen molar-refractivity contribution < 1.29 is 84.5 Å². The summed E-state index contributed by atoms with van der Waals surface area (Å²) >= 11 is 0. The topological polar surface area (TPSA) is 90.5 Å². The largest absolute Gasteiger partial charge is 0.664 e. The number of hydrogen-bond acceptors (Lipinski definition) is 4. The number of amides is 2. The zero-order valence-electron chi connectivity index (χ0n) is 29.4. The smallest absolute Gasteiger partial charge is 0.135 e. The van der Waals surface area contributed by atoms with E-state index in [4.69, 9.17) is 15.2 Å². The van der Waals surface area contributed by atoms with Crippen LogP contribution in [0.2, 0.25) is 0 Å². The number of carbonyl (C=O) groups is 2. The van der Waals surface area contributed by atoms with Gasteiger partial charge in [-0.1, -0.05) is 104 Å². The van der Waals surface area contributed by atoms with Crippen LogP contribution >= 0.6 is 0 Å². The predicted octanol–water partition coefficient (Wildman–Crippen LogP) is 10.7. The van der Waals surface area contributed by atoms with Crippen LogP contribution in [-0.2, 0) is 71.0 Å². The van der Waals surface area contributed by atoms with E-state index in [0.29, 0.717) is 17.0 Å². The second kappa shape index (κ2) is 14.8. The number of aryl methyl sites for hydroxylation is 3. The Kier molecular flexibility index (Phi) is 10.8. The first kappa shape index (κ1) is 37.8. The molecule has 5 aromatic rings. The molecule has 6 nitrogen and oxygen atoms in total. The molecule has 1 N–H and O–H groups in total. The monoisotopic (exact) mass is 832 g/mol. The van der Waals surface area contributed by atoms with Crippen molar-refractivity contribution in [1.29, 1.82) is 0 Å². The fourth-order valence-corrected chi connectivity index (χ4v) is 7.34. The van der Waals surface area contributed by atoms with Gasteiger partial charge in [-0.05, 0) is 95.4 Å². The molecule has 0 bridgehead atoms. The minimum absolute atomic E-state index is 0. The summed E-state index contributed by atoms with van der Waals surface area (Å²) in [5, 5.41) is 4.67. The molecule has 0 fully saturated rings. The van der Waals surface area contributed by atoms with Crippen LogP contribution in [0.4, 0.5) is 0 Å². The van der Waals surface area contributed by atoms with E-state index in [0.717, 1.165) is 78.7 Å². The number of nitrogens with one attached hydrogen (secondary N) is 1. The number of rotatable bonds is 2. The summed E-state index contributed by atoms with van der Waals surface area (Å²) in [4.78, 5) is 24.6. The van der Waals surface area contributed by atoms with E-state index in [1.165, 1.54) is 0 Å².